The van der Waals surface area contributed by atoms with Gasteiger partial charge >= 0.3 is 0 Å². The average Bonchev–Trinajstić information content (AvgIpc) is 2.56. The summed E-state index contributed by atoms with van der Waals surface area (Å²) in [7, 11) is 0. The fourth-order valence-corrected chi connectivity index (χ4v) is 2.78. The number of benzene rings is 3. The predicted molar refractivity (Wildman–Crippen MR) is 89.1 cm³/mol. The van der Waals surface area contributed by atoms with Crippen LogP contribution in [0.5, 0.6) is 0 Å². The summed E-state index contributed by atoms with van der Waals surface area (Å²) in [6.45, 7) is 0. The van der Waals surface area contributed by atoms with Crippen LogP contribution < -0.4 is 0 Å². The second-order valence-electron chi connectivity index (χ2n) is 4.64. The van der Waals surface area contributed by atoms with Crippen LogP contribution in [0.4, 0.5) is 0 Å². The molecule has 3 aromatic rings. The minimum Gasteiger partial charge on any atom is -0.130 e. The minimum atomic E-state index is 1.26. The molecule has 0 unspecified atom stereocenters. The van der Waals surface area contributed by atoms with Gasteiger partial charge in [0.2, 0.25) is 0 Å². The largest absolute Gasteiger partial charge is 0.130 e. The summed E-state index contributed by atoms with van der Waals surface area (Å²) >= 11 is 1.77. The lowest BCUT2D eigenvalue weighted by atomic mass is 9.95. The van der Waals surface area contributed by atoms with E-state index >= 15 is 0 Å². The van der Waals surface area contributed by atoms with Crippen molar-refractivity contribution >= 4 is 11.8 Å². The number of hydrogen-bond acceptors (Lipinski definition) is 1. The highest BCUT2D eigenvalue weighted by atomic mass is 32.2. The van der Waals surface area contributed by atoms with E-state index in [9.17, 15) is 0 Å². The highest BCUT2D eigenvalue weighted by Gasteiger charge is 2.06. The van der Waals surface area contributed by atoms with Crippen molar-refractivity contribution in [3.63, 3.8) is 0 Å². The molecule has 0 atom stereocenters. The van der Waals surface area contributed by atoms with E-state index in [0.29, 0.717) is 0 Å². The Balaban J connectivity index is 2.10. The van der Waals surface area contributed by atoms with E-state index in [4.69, 9.17) is 0 Å². The van der Waals surface area contributed by atoms with Crippen LogP contribution in [0.2, 0.25) is 0 Å². The smallest absolute Gasteiger partial charge is 0.00695 e. The zero-order valence-electron chi connectivity index (χ0n) is 11.4. The van der Waals surface area contributed by atoms with E-state index in [1.54, 1.807) is 11.8 Å². The molecule has 0 bridgehead atoms. The van der Waals surface area contributed by atoms with Crippen molar-refractivity contribution in [1.82, 2.24) is 0 Å². The highest BCUT2D eigenvalue weighted by molar-refractivity contribution is 7.98. The second kappa shape index (κ2) is 5.98. The Morgan fingerprint density at radius 1 is 0.550 bits per heavy atom. The summed E-state index contributed by atoms with van der Waals surface area (Å²) in [4.78, 5) is 1.30. The van der Waals surface area contributed by atoms with Crippen LogP contribution in [0, 0.1) is 0 Å². The molecule has 0 aromatic heterocycles. The maximum Gasteiger partial charge on any atom is 0.00695 e. The van der Waals surface area contributed by atoms with Gasteiger partial charge in [0.15, 0.2) is 0 Å². The van der Waals surface area contributed by atoms with E-state index in [1.807, 2.05) is 0 Å². The third-order valence-corrected chi connectivity index (χ3v) is 4.16. The molecule has 0 nitrogen and oxygen atoms in total. The zero-order valence-corrected chi connectivity index (χ0v) is 12.2. The molecule has 1 heteroatoms. The Kier molecular flexibility index (Phi) is 3.89. The quantitative estimate of drug-likeness (QED) is 0.549. The van der Waals surface area contributed by atoms with Crippen LogP contribution in [-0.4, -0.2) is 6.26 Å². The van der Waals surface area contributed by atoms with Crippen LogP contribution in [0.3, 0.4) is 0 Å². The van der Waals surface area contributed by atoms with Gasteiger partial charge in [-0.05, 0) is 40.6 Å². The highest BCUT2D eigenvalue weighted by Crippen LogP contribution is 2.32. The number of thioether (sulfide) groups is 1. The Morgan fingerprint density at radius 2 is 1.05 bits per heavy atom. The minimum absolute atomic E-state index is 1.26. The first-order valence-electron chi connectivity index (χ1n) is 6.67. The first-order valence-corrected chi connectivity index (χ1v) is 7.90. The van der Waals surface area contributed by atoms with Gasteiger partial charge in [-0.1, -0.05) is 66.7 Å². The summed E-state index contributed by atoms with van der Waals surface area (Å²) in [5, 5.41) is 0. The molecule has 0 saturated carbocycles. The topological polar surface area (TPSA) is 0 Å². The third kappa shape index (κ3) is 2.63. The van der Waals surface area contributed by atoms with Gasteiger partial charge in [0, 0.05) is 4.90 Å². The Morgan fingerprint density at radius 3 is 1.60 bits per heavy atom. The third-order valence-electron chi connectivity index (χ3n) is 3.41. The lowest BCUT2D eigenvalue weighted by Gasteiger charge is -2.10. The van der Waals surface area contributed by atoms with Gasteiger partial charge in [0.1, 0.15) is 0 Å². The molecule has 3 aromatic carbocycles. The SMILES string of the molecule is CSc1ccc(-c2ccccc2-c2ccccc2)cc1. The van der Waals surface area contributed by atoms with Gasteiger partial charge in [-0.15, -0.1) is 11.8 Å². The van der Waals surface area contributed by atoms with Crippen LogP contribution in [0.15, 0.2) is 83.8 Å². The molecular weight excluding hydrogens is 260 g/mol. The van der Waals surface area contributed by atoms with E-state index in [0.717, 1.165) is 0 Å². The molecule has 0 N–H and O–H groups in total. The lowest BCUT2D eigenvalue weighted by molar-refractivity contribution is 1.46. The van der Waals surface area contributed by atoms with Gasteiger partial charge in [-0.3, -0.25) is 0 Å². The van der Waals surface area contributed by atoms with Crippen molar-refractivity contribution in [3.05, 3.63) is 78.9 Å². The normalized spacial score (nSPS) is 10.4. The van der Waals surface area contributed by atoms with Crippen molar-refractivity contribution in [2.45, 2.75) is 4.90 Å². The van der Waals surface area contributed by atoms with E-state index in [2.05, 4.69) is 85.1 Å². The van der Waals surface area contributed by atoms with Crippen LogP contribution >= 0.6 is 11.8 Å². The van der Waals surface area contributed by atoms with E-state index < -0.39 is 0 Å². The first kappa shape index (κ1) is 13.0. The van der Waals surface area contributed by atoms with Gasteiger partial charge in [-0.25, -0.2) is 0 Å². The fourth-order valence-electron chi connectivity index (χ4n) is 2.37. The summed E-state index contributed by atoms with van der Waals surface area (Å²) < 4.78 is 0. The fraction of sp³-hybridized carbons (Fsp3) is 0.0526. The van der Waals surface area contributed by atoms with E-state index in [1.165, 1.54) is 27.1 Å². The number of rotatable bonds is 3. The molecule has 20 heavy (non-hydrogen) atoms. The molecule has 98 valence electrons. The van der Waals surface area contributed by atoms with Crippen molar-refractivity contribution in [3.8, 4) is 22.3 Å². The van der Waals surface area contributed by atoms with Crippen LogP contribution in [0.25, 0.3) is 22.3 Å². The van der Waals surface area contributed by atoms with Crippen LogP contribution in [0.1, 0.15) is 0 Å². The molecule has 0 aliphatic rings. The molecule has 0 fully saturated rings. The molecule has 0 radical (unpaired) electrons. The van der Waals surface area contributed by atoms with Gasteiger partial charge < -0.3 is 0 Å². The molecule has 0 amide bonds. The molecule has 0 aliphatic heterocycles. The van der Waals surface area contributed by atoms with Crippen molar-refractivity contribution in [2.75, 3.05) is 6.26 Å². The summed E-state index contributed by atoms with van der Waals surface area (Å²) in [5.41, 5.74) is 5.09. The predicted octanol–water partition coefficient (Wildman–Crippen LogP) is 5.74. The lowest BCUT2D eigenvalue weighted by Crippen LogP contribution is -1.84. The summed E-state index contributed by atoms with van der Waals surface area (Å²) in [6, 6.07) is 27.9. The molecule has 0 spiro atoms. The van der Waals surface area contributed by atoms with Crippen molar-refractivity contribution in [2.24, 2.45) is 0 Å². The van der Waals surface area contributed by atoms with Gasteiger partial charge in [0.05, 0.1) is 0 Å². The summed E-state index contributed by atoms with van der Waals surface area (Å²) in [5.74, 6) is 0. The van der Waals surface area contributed by atoms with Gasteiger partial charge in [0.25, 0.3) is 0 Å². The first-order chi connectivity index (χ1) is 9.88. The van der Waals surface area contributed by atoms with E-state index in [-0.39, 0.29) is 0 Å². The van der Waals surface area contributed by atoms with Crippen molar-refractivity contribution in [1.29, 1.82) is 0 Å². The Bertz CT molecular complexity index is 684. The standard InChI is InChI=1S/C19H16S/c1-20-17-13-11-16(12-14-17)19-10-6-5-9-18(19)15-7-3-2-4-8-15/h2-14H,1H3. The molecular formula is C19H16S. The van der Waals surface area contributed by atoms with Crippen molar-refractivity contribution < 1.29 is 0 Å². The monoisotopic (exact) mass is 276 g/mol. The molecule has 0 heterocycles. The average molecular weight is 276 g/mol. The zero-order chi connectivity index (χ0) is 13.8. The maximum atomic E-state index is 2.20. The number of hydrogen-bond donors (Lipinski definition) is 0. The Hall–Kier alpha value is -1.99. The summed E-state index contributed by atoms with van der Waals surface area (Å²) in [6.07, 6.45) is 2.10. The van der Waals surface area contributed by atoms with Crippen LogP contribution in [-0.2, 0) is 0 Å². The molecule has 0 saturated heterocycles. The second-order valence-corrected chi connectivity index (χ2v) is 5.52. The Labute approximate surface area is 124 Å². The van der Waals surface area contributed by atoms with Gasteiger partial charge in [-0.2, -0.15) is 0 Å². The maximum absolute atomic E-state index is 2.20. The molecule has 3 rings (SSSR count). The molecule has 0 aliphatic carbocycles.